The van der Waals surface area contributed by atoms with Crippen molar-refractivity contribution in [2.45, 2.75) is 13.0 Å². The second kappa shape index (κ2) is 4.67. The van der Waals surface area contributed by atoms with Gasteiger partial charge in [0.05, 0.1) is 10.4 Å². The summed E-state index contributed by atoms with van der Waals surface area (Å²) < 4.78 is 0.784. The van der Waals surface area contributed by atoms with Crippen LogP contribution in [0, 0.1) is 0 Å². The molecule has 0 fully saturated rings. The highest BCUT2D eigenvalue weighted by atomic mass is 35.5. The van der Waals surface area contributed by atoms with Gasteiger partial charge in [-0.3, -0.25) is 0 Å². The highest BCUT2D eigenvalue weighted by molar-refractivity contribution is 7.16. The van der Waals surface area contributed by atoms with Crippen molar-refractivity contribution in [1.82, 2.24) is 10.2 Å². The topological polar surface area (TPSA) is 63.8 Å². The molecule has 1 unspecified atom stereocenters. The normalized spacial score (nSPS) is 12.4. The van der Waals surface area contributed by atoms with E-state index < -0.39 is 0 Å². The Labute approximate surface area is 102 Å². The molecule has 0 aromatic carbocycles. The van der Waals surface area contributed by atoms with E-state index in [-0.39, 0.29) is 6.04 Å². The molecule has 0 aliphatic heterocycles. The summed E-state index contributed by atoms with van der Waals surface area (Å²) in [6.07, 6.45) is 0. The number of rotatable bonds is 3. The van der Waals surface area contributed by atoms with Crippen molar-refractivity contribution in [3.8, 4) is 0 Å². The number of halogens is 1. The number of nitrogen functional groups attached to an aromatic ring is 1. The predicted octanol–water partition coefficient (Wildman–Crippen LogP) is 2.95. The van der Waals surface area contributed by atoms with E-state index in [0.717, 1.165) is 9.21 Å². The largest absolute Gasteiger partial charge is 0.382 e. The molecular formula is C10H11ClN4S. The average Bonchev–Trinajstić information content (AvgIpc) is 2.68. The van der Waals surface area contributed by atoms with Gasteiger partial charge in [0.15, 0.2) is 0 Å². The number of hydrogen-bond donors (Lipinski definition) is 2. The second-order valence-electron chi connectivity index (χ2n) is 3.35. The molecule has 0 radical (unpaired) electrons. The van der Waals surface area contributed by atoms with Crippen molar-refractivity contribution >= 4 is 34.6 Å². The van der Waals surface area contributed by atoms with Crippen LogP contribution in [0.15, 0.2) is 24.3 Å². The van der Waals surface area contributed by atoms with Gasteiger partial charge in [-0.05, 0) is 31.2 Å². The van der Waals surface area contributed by atoms with Crippen LogP contribution in [0.25, 0.3) is 0 Å². The number of thiophene rings is 1. The van der Waals surface area contributed by atoms with E-state index in [1.54, 1.807) is 23.5 Å². The quantitative estimate of drug-likeness (QED) is 0.884. The molecule has 0 aliphatic rings. The van der Waals surface area contributed by atoms with Crippen LogP contribution in [0.3, 0.4) is 0 Å². The van der Waals surface area contributed by atoms with Gasteiger partial charge in [-0.25, -0.2) is 0 Å². The second-order valence-corrected chi connectivity index (χ2v) is 5.10. The van der Waals surface area contributed by atoms with E-state index in [0.29, 0.717) is 11.6 Å². The molecule has 0 amide bonds. The molecule has 0 saturated carbocycles. The van der Waals surface area contributed by atoms with Crippen LogP contribution in [-0.4, -0.2) is 10.2 Å². The number of nitrogens with one attached hydrogen (secondary N) is 1. The number of nitrogens with two attached hydrogens (primary N) is 1. The van der Waals surface area contributed by atoms with Crippen molar-refractivity contribution in [2.24, 2.45) is 0 Å². The van der Waals surface area contributed by atoms with Gasteiger partial charge in [0.1, 0.15) is 11.6 Å². The first-order chi connectivity index (χ1) is 7.65. The SMILES string of the molecule is CC(Nc1ccc(N)nn1)c1ccc(Cl)s1. The lowest BCUT2D eigenvalue weighted by Crippen LogP contribution is -2.07. The van der Waals surface area contributed by atoms with Gasteiger partial charge < -0.3 is 11.1 Å². The maximum atomic E-state index is 5.87. The van der Waals surface area contributed by atoms with Gasteiger partial charge in [-0.2, -0.15) is 0 Å². The number of anilines is 2. The molecule has 0 saturated heterocycles. The van der Waals surface area contributed by atoms with Gasteiger partial charge in [-0.15, -0.1) is 21.5 Å². The lowest BCUT2D eigenvalue weighted by atomic mass is 10.3. The molecule has 2 aromatic rings. The zero-order valence-corrected chi connectivity index (χ0v) is 10.2. The molecule has 2 rings (SSSR count). The lowest BCUT2D eigenvalue weighted by Gasteiger charge is -2.11. The molecular weight excluding hydrogens is 244 g/mol. The summed E-state index contributed by atoms with van der Waals surface area (Å²) in [5.74, 6) is 1.11. The van der Waals surface area contributed by atoms with Crippen LogP contribution in [-0.2, 0) is 0 Å². The van der Waals surface area contributed by atoms with Crippen LogP contribution < -0.4 is 11.1 Å². The van der Waals surface area contributed by atoms with E-state index >= 15 is 0 Å². The van der Waals surface area contributed by atoms with Crippen LogP contribution in [0.4, 0.5) is 11.6 Å². The summed E-state index contributed by atoms with van der Waals surface area (Å²) in [5.41, 5.74) is 5.46. The van der Waals surface area contributed by atoms with Gasteiger partial charge in [-0.1, -0.05) is 11.6 Å². The molecule has 2 aromatic heterocycles. The minimum atomic E-state index is 0.149. The van der Waals surface area contributed by atoms with Crippen LogP contribution in [0.1, 0.15) is 17.8 Å². The maximum absolute atomic E-state index is 5.87. The molecule has 0 aliphatic carbocycles. The highest BCUT2D eigenvalue weighted by Crippen LogP contribution is 2.28. The molecule has 0 spiro atoms. The Morgan fingerprint density at radius 1 is 1.31 bits per heavy atom. The number of hydrogen-bond acceptors (Lipinski definition) is 5. The fourth-order valence-electron chi connectivity index (χ4n) is 1.27. The predicted molar refractivity (Wildman–Crippen MR) is 67.8 cm³/mol. The number of aromatic nitrogens is 2. The van der Waals surface area contributed by atoms with Crippen molar-refractivity contribution in [3.63, 3.8) is 0 Å². The number of nitrogens with zero attached hydrogens (tertiary/aromatic N) is 2. The van der Waals surface area contributed by atoms with Crippen molar-refractivity contribution in [2.75, 3.05) is 11.1 Å². The zero-order chi connectivity index (χ0) is 11.5. The first-order valence-electron chi connectivity index (χ1n) is 4.76. The summed E-state index contributed by atoms with van der Waals surface area (Å²) in [6.45, 7) is 2.04. The molecule has 16 heavy (non-hydrogen) atoms. The van der Waals surface area contributed by atoms with E-state index in [2.05, 4.69) is 15.5 Å². The minimum absolute atomic E-state index is 0.149. The Balaban J connectivity index is 2.07. The highest BCUT2D eigenvalue weighted by Gasteiger charge is 2.08. The molecule has 0 bridgehead atoms. The van der Waals surface area contributed by atoms with Gasteiger partial charge in [0, 0.05) is 4.88 Å². The van der Waals surface area contributed by atoms with Crippen molar-refractivity contribution in [3.05, 3.63) is 33.5 Å². The molecule has 84 valence electrons. The summed E-state index contributed by atoms with van der Waals surface area (Å²) in [7, 11) is 0. The average molecular weight is 255 g/mol. The monoisotopic (exact) mass is 254 g/mol. The third-order valence-corrected chi connectivity index (χ3v) is 3.48. The smallest absolute Gasteiger partial charge is 0.149 e. The van der Waals surface area contributed by atoms with Gasteiger partial charge in [0.25, 0.3) is 0 Å². The van der Waals surface area contributed by atoms with E-state index in [1.165, 1.54) is 0 Å². The first-order valence-corrected chi connectivity index (χ1v) is 5.95. The molecule has 1 atom stereocenters. The fourth-order valence-corrected chi connectivity index (χ4v) is 2.34. The van der Waals surface area contributed by atoms with E-state index in [9.17, 15) is 0 Å². The Kier molecular flexibility index (Phi) is 3.26. The van der Waals surface area contributed by atoms with Crippen LogP contribution >= 0.6 is 22.9 Å². The van der Waals surface area contributed by atoms with Crippen LogP contribution in [0.5, 0.6) is 0 Å². The Morgan fingerprint density at radius 2 is 2.12 bits per heavy atom. The van der Waals surface area contributed by atoms with Crippen molar-refractivity contribution in [1.29, 1.82) is 0 Å². The third-order valence-electron chi connectivity index (χ3n) is 2.07. The Bertz CT molecular complexity index is 468. The zero-order valence-electron chi connectivity index (χ0n) is 8.64. The molecule has 2 heterocycles. The molecule has 4 nitrogen and oxygen atoms in total. The standard InChI is InChI=1S/C10H11ClN4S/c1-6(7-2-3-8(11)16-7)13-10-5-4-9(12)14-15-10/h2-6H,1H3,(H2,12,14)(H,13,15). The first kappa shape index (κ1) is 11.2. The van der Waals surface area contributed by atoms with E-state index in [4.69, 9.17) is 17.3 Å². The van der Waals surface area contributed by atoms with Gasteiger partial charge in [0.2, 0.25) is 0 Å². The van der Waals surface area contributed by atoms with E-state index in [1.807, 2.05) is 19.1 Å². The van der Waals surface area contributed by atoms with Gasteiger partial charge >= 0.3 is 0 Å². The fraction of sp³-hybridized carbons (Fsp3) is 0.200. The molecule has 3 N–H and O–H groups in total. The summed E-state index contributed by atoms with van der Waals surface area (Å²) in [5, 5.41) is 10.9. The molecule has 6 heteroatoms. The summed E-state index contributed by atoms with van der Waals surface area (Å²) >= 11 is 7.42. The summed E-state index contributed by atoms with van der Waals surface area (Å²) in [4.78, 5) is 1.16. The maximum Gasteiger partial charge on any atom is 0.149 e. The van der Waals surface area contributed by atoms with Crippen molar-refractivity contribution < 1.29 is 0 Å². The lowest BCUT2D eigenvalue weighted by molar-refractivity contribution is 0.880. The summed E-state index contributed by atoms with van der Waals surface area (Å²) in [6, 6.07) is 7.54. The van der Waals surface area contributed by atoms with Crippen LogP contribution in [0.2, 0.25) is 4.34 Å². The third kappa shape index (κ3) is 2.62. The Hall–Kier alpha value is -1.33. The minimum Gasteiger partial charge on any atom is -0.382 e. The Morgan fingerprint density at radius 3 is 2.69 bits per heavy atom.